The molecule has 0 saturated heterocycles. The molecule has 0 bridgehead atoms. The van der Waals surface area contributed by atoms with Gasteiger partial charge in [-0.15, -0.1) is 0 Å². The number of hydrogen-bond donors (Lipinski definition) is 2. The molecular formula is C13H18N2O5. The van der Waals surface area contributed by atoms with Gasteiger partial charge in [0.15, 0.2) is 0 Å². The quantitative estimate of drug-likeness (QED) is 0.739. The van der Waals surface area contributed by atoms with Gasteiger partial charge in [0, 0.05) is 19.2 Å². The van der Waals surface area contributed by atoms with Crippen molar-refractivity contribution in [2.24, 2.45) is 7.05 Å². The molecule has 0 spiro atoms. The normalized spacial score (nSPS) is 11.8. The predicted molar refractivity (Wildman–Crippen MR) is 70.3 cm³/mol. The molecular weight excluding hydrogens is 264 g/mol. The Labute approximate surface area is 116 Å². The largest absolute Gasteiger partial charge is 0.480 e. The second-order valence-corrected chi connectivity index (χ2v) is 4.40. The molecule has 0 unspecified atom stereocenters. The van der Waals surface area contributed by atoms with E-state index >= 15 is 0 Å². The van der Waals surface area contributed by atoms with Gasteiger partial charge in [0.1, 0.15) is 11.7 Å². The monoisotopic (exact) mass is 282 g/mol. The number of esters is 1. The summed E-state index contributed by atoms with van der Waals surface area (Å²) in [5.41, 5.74) is 1.25. The molecule has 0 aromatic carbocycles. The first-order chi connectivity index (χ1) is 9.36. The Morgan fingerprint density at radius 3 is 2.50 bits per heavy atom. The van der Waals surface area contributed by atoms with Crippen molar-refractivity contribution in [1.82, 2.24) is 9.88 Å². The number of carboxylic acids is 1. The summed E-state index contributed by atoms with van der Waals surface area (Å²) in [6.45, 7) is 1.84. The summed E-state index contributed by atoms with van der Waals surface area (Å²) in [4.78, 5) is 34.1. The molecule has 0 aliphatic carbocycles. The third-order valence-electron chi connectivity index (χ3n) is 3.07. The lowest BCUT2D eigenvalue weighted by Crippen LogP contribution is -2.41. The van der Waals surface area contributed by atoms with Gasteiger partial charge < -0.3 is 19.7 Å². The third kappa shape index (κ3) is 3.84. The van der Waals surface area contributed by atoms with E-state index in [2.05, 4.69) is 10.1 Å². The van der Waals surface area contributed by atoms with Crippen molar-refractivity contribution in [2.45, 2.75) is 25.8 Å². The molecule has 2 N–H and O–H groups in total. The number of nitrogens with zero attached hydrogens (tertiary/aromatic N) is 1. The van der Waals surface area contributed by atoms with Gasteiger partial charge in [-0.1, -0.05) is 0 Å². The minimum Gasteiger partial charge on any atom is -0.480 e. The van der Waals surface area contributed by atoms with E-state index in [-0.39, 0.29) is 12.8 Å². The Bertz CT molecular complexity index is 521. The average molecular weight is 282 g/mol. The lowest BCUT2D eigenvalue weighted by molar-refractivity contribution is -0.142. The van der Waals surface area contributed by atoms with Crippen LogP contribution in [0.3, 0.4) is 0 Å². The van der Waals surface area contributed by atoms with Crippen LogP contribution in [0.5, 0.6) is 0 Å². The molecule has 7 nitrogen and oxygen atoms in total. The molecule has 0 saturated carbocycles. The van der Waals surface area contributed by atoms with Crippen LogP contribution in [0.15, 0.2) is 12.1 Å². The fraction of sp³-hybridized carbons (Fsp3) is 0.462. The Morgan fingerprint density at radius 1 is 1.40 bits per heavy atom. The van der Waals surface area contributed by atoms with Gasteiger partial charge in [-0.05, 0) is 25.5 Å². The topological polar surface area (TPSA) is 97.6 Å². The van der Waals surface area contributed by atoms with Gasteiger partial charge in [0.2, 0.25) is 0 Å². The highest BCUT2D eigenvalue weighted by Crippen LogP contribution is 2.07. The molecule has 110 valence electrons. The van der Waals surface area contributed by atoms with Crippen molar-refractivity contribution >= 4 is 17.8 Å². The summed E-state index contributed by atoms with van der Waals surface area (Å²) in [5.74, 6) is -2.19. The van der Waals surface area contributed by atoms with Gasteiger partial charge >= 0.3 is 11.9 Å². The number of amides is 1. The fourth-order valence-corrected chi connectivity index (χ4v) is 1.69. The van der Waals surface area contributed by atoms with E-state index in [1.165, 1.54) is 7.11 Å². The van der Waals surface area contributed by atoms with Crippen LogP contribution >= 0.6 is 0 Å². The maximum atomic E-state index is 12.0. The third-order valence-corrected chi connectivity index (χ3v) is 3.07. The number of carbonyl (C=O) groups is 3. The van der Waals surface area contributed by atoms with E-state index in [0.717, 1.165) is 5.69 Å². The number of aryl methyl sites for hydroxylation is 1. The van der Waals surface area contributed by atoms with Crippen LogP contribution in [0.1, 0.15) is 29.0 Å². The SMILES string of the molecule is COC(=O)CC[C@@H](NC(=O)c1ccc(C)n1C)C(=O)O. The van der Waals surface area contributed by atoms with Crippen LogP contribution in [0, 0.1) is 6.92 Å². The molecule has 1 atom stereocenters. The van der Waals surface area contributed by atoms with Crippen LogP contribution in [-0.2, 0) is 21.4 Å². The van der Waals surface area contributed by atoms with Crippen LogP contribution < -0.4 is 5.32 Å². The Kier molecular flexibility index (Phi) is 5.31. The average Bonchev–Trinajstić information content (AvgIpc) is 2.74. The summed E-state index contributed by atoms with van der Waals surface area (Å²) in [6, 6.07) is 2.25. The van der Waals surface area contributed by atoms with Crippen LogP contribution in [0.2, 0.25) is 0 Å². The van der Waals surface area contributed by atoms with Crippen LogP contribution in [-0.4, -0.2) is 40.7 Å². The molecule has 0 aliphatic rings. The zero-order valence-electron chi connectivity index (χ0n) is 11.7. The molecule has 0 fully saturated rings. The number of aliphatic carboxylic acids is 1. The van der Waals surface area contributed by atoms with Crippen molar-refractivity contribution in [2.75, 3.05) is 7.11 Å². The Morgan fingerprint density at radius 2 is 2.05 bits per heavy atom. The summed E-state index contributed by atoms with van der Waals surface area (Å²) < 4.78 is 6.10. The zero-order valence-corrected chi connectivity index (χ0v) is 11.7. The minimum atomic E-state index is -1.19. The summed E-state index contributed by atoms with van der Waals surface area (Å²) in [5, 5.41) is 11.5. The minimum absolute atomic E-state index is 0.0167. The standard InChI is InChI=1S/C13H18N2O5/c1-8-4-6-10(15(8)2)12(17)14-9(13(18)19)5-7-11(16)20-3/h4,6,9H,5,7H2,1-3H3,(H,14,17)(H,18,19)/t9-/m1/s1. The maximum Gasteiger partial charge on any atom is 0.326 e. The second-order valence-electron chi connectivity index (χ2n) is 4.40. The van der Waals surface area contributed by atoms with E-state index < -0.39 is 23.9 Å². The number of aromatic nitrogens is 1. The van der Waals surface area contributed by atoms with E-state index in [4.69, 9.17) is 5.11 Å². The second kappa shape index (κ2) is 6.74. The Balaban J connectivity index is 2.71. The first-order valence-electron chi connectivity index (χ1n) is 6.09. The fourth-order valence-electron chi connectivity index (χ4n) is 1.69. The van der Waals surface area contributed by atoms with Crippen molar-refractivity contribution in [1.29, 1.82) is 0 Å². The molecule has 1 aromatic heterocycles. The highest BCUT2D eigenvalue weighted by molar-refractivity contribution is 5.95. The summed E-state index contributed by atoms with van der Waals surface area (Å²) in [6.07, 6.45) is -0.0862. The van der Waals surface area contributed by atoms with E-state index in [9.17, 15) is 14.4 Å². The number of carboxylic acid groups (broad SMARTS) is 1. The smallest absolute Gasteiger partial charge is 0.326 e. The van der Waals surface area contributed by atoms with Crippen LogP contribution in [0.4, 0.5) is 0 Å². The van der Waals surface area contributed by atoms with Crippen molar-refractivity contribution in [3.05, 3.63) is 23.5 Å². The molecule has 7 heteroatoms. The van der Waals surface area contributed by atoms with Gasteiger partial charge in [-0.25, -0.2) is 4.79 Å². The van der Waals surface area contributed by atoms with Gasteiger partial charge in [-0.3, -0.25) is 9.59 Å². The first kappa shape index (κ1) is 15.7. The van der Waals surface area contributed by atoms with Crippen molar-refractivity contribution in [3.8, 4) is 0 Å². The van der Waals surface area contributed by atoms with Crippen LogP contribution in [0.25, 0.3) is 0 Å². The molecule has 1 heterocycles. The van der Waals surface area contributed by atoms with Gasteiger partial charge in [-0.2, -0.15) is 0 Å². The number of methoxy groups -OCH3 is 1. The number of ether oxygens (including phenoxy) is 1. The predicted octanol–water partition coefficient (Wildman–Crippen LogP) is 0.470. The summed E-state index contributed by atoms with van der Waals surface area (Å²) >= 11 is 0. The van der Waals surface area contributed by atoms with Crippen molar-refractivity contribution in [3.63, 3.8) is 0 Å². The first-order valence-corrected chi connectivity index (χ1v) is 6.09. The van der Waals surface area contributed by atoms with E-state index in [1.54, 1.807) is 23.7 Å². The number of rotatable bonds is 6. The lowest BCUT2D eigenvalue weighted by Gasteiger charge is -2.14. The van der Waals surface area contributed by atoms with E-state index in [0.29, 0.717) is 5.69 Å². The van der Waals surface area contributed by atoms with Gasteiger partial charge in [0.25, 0.3) is 5.91 Å². The summed E-state index contributed by atoms with van der Waals surface area (Å²) in [7, 11) is 2.94. The molecule has 0 radical (unpaired) electrons. The highest BCUT2D eigenvalue weighted by atomic mass is 16.5. The molecule has 0 aliphatic heterocycles. The number of nitrogens with one attached hydrogen (secondary N) is 1. The Hall–Kier alpha value is -2.31. The van der Waals surface area contributed by atoms with E-state index in [1.807, 2.05) is 6.92 Å². The molecule has 20 heavy (non-hydrogen) atoms. The van der Waals surface area contributed by atoms with Gasteiger partial charge in [0.05, 0.1) is 7.11 Å². The number of hydrogen-bond acceptors (Lipinski definition) is 4. The number of carbonyl (C=O) groups excluding carboxylic acids is 2. The highest BCUT2D eigenvalue weighted by Gasteiger charge is 2.23. The molecule has 1 amide bonds. The maximum absolute atomic E-state index is 12.0. The molecule has 1 rings (SSSR count). The van der Waals surface area contributed by atoms with Crippen molar-refractivity contribution < 1.29 is 24.2 Å². The lowest BCUT2D eigenvalue weighted by atomic mass is 10.1. The zero-order chi connectivity index (χ0) is 15.3. The molecule has 1 aromatic rings.